The number of carbonyl (C=O) groups excluding carboxylic acids is 4. The number of rotatable bonds is 12. The highest BCUT2D eigenvalue weighted by Crippen LogP contribution is 2.29. The van der Waals surface area contributed by atoms with Gasteiger partial charge in [0.25, 0.3) is 0 Å². The smallest absolute Gasteiger partial charge is 0.460 e. The van der Waals surface area contributed by atoms with Crippen LogP contribution in [0.4, 0.5) is 9.59 Å². The number of halogens is 3. The van der Waals surface area contributed by atoms with E-state index in [2.05, 4.69) is 0 Å². The maximum atomic E-state index is 13.1. The van der Waals surface area contributed by atoms with Crippen molar-refractivity contribution in [2.75, 3.05) is 13.7 Å². The van der Waals surface area contributed by atoms with E-state index < -0.39 is 58.4 Å². The standard InChI is InChI=1S/C25H40Cl3NO8/c1-10-16(3)20(36-21(31)18(5)29(9)22(32)37-24(6,7)8)17(4)19(12-11-15(2)13-30)35-23(33)34-14-25(26,27)28/h11,13,16-20H,10,12,14H2,1-9H3/b15-11+/t16-,17-,18-,19-,20-/m0/s1. The van der Waals surface area contributed by atoms with E-state index >= 15 is 0 Å². The topological polar surface area (TPSA) is 108 Å². The molecule has 0 rings (SSSR count). The second kappa shape index (κ2) is 15.6. The fraction of sp³-hybridized carbons (Fsp3) is 0.760. The van der Waals surface area contributed by atoms with Crippen molar-refractivity contribution in [2.24, 2.45) is 11.8 Å². The molecule has 0 aromatic rings. The summed E-state index contributed by atoms with van der Waals surface area (Å²) >= 11 is 16.9. The van der Waals surface area contributed by atoms with Crippen LogP contribution < -0.4 is 0 Å². The van der Waals surface area contributed by atoms with E-state index in [1.165, 1.54) is 14.0 Å². The number of hydrogen-bond donors (Lipinski definition) is 0. The van der Waals surface area contributed by atoms with Gasteiger partial charge in [-0.1, -0.05) is 68.1 Å². The Bertz CT molecular complexity index is 807. The Hall–Kier alpha value is -1.71. The Morgan fingerprint density at radius 3 is 2.05 bits per heavy atom. The van der Waals surface area contributed by atoms with Crippen molar-refractivity contribution in [3.05, 3.63) is 11.6 Å². The molecule has 0 saturated heterocycles. The zero-order valence-electron chi connectivity index (χ0n) is 23.0. The van der Waals surface area contributed by atoms with Crippen LogP contribution >= 0.6 is 34.8 Å². The zero-order valence-corrected chi connectivity index (χ0v) is 25.3. The summed E-state index contributed by atoms with van der Waals surface area (Å²) in [5.41, 5.74) is -0.300. The van der Waals surface area contributed by atoms with Crippen molar-refractivity contribution < 1.29 is 38.1 Å². The first-order valence-corrected chi connectivity index (χ1v) is 13.1. The lowest BCUT2D eigenvalue weighted by molar-refractivity contribution is -0.163. The molecule has 0 aliphatic rings. The van der Waals surface area contributed by atoms with Gasteiger partial charge >= 0.3 is 18.2 Å². The summed E-state index contributed by atoms with van der Waals surface area (Å²) in [6, 6.07) is -0.945. The molecule has 0 aliphatic heterocycles. The van der Waals surface area contributed by atoms with Crippen LogP contribution in [0.1, 0.15) is 68.2 Å². The molecule has 0 N–H and O–H groups in total. The number of hydrogen-bond acceptors (Lipinski definition) is 8. The minimum atomic E-state index is -1.82. The molecular formula is C25H40Cl3NO8. The summed E-state index contributed by atoms with van der Waals surface area (Å²) in [7, 11) is 1.45. The lowest BCUT2D eigenvalue weighted by Gasteiger charge is -2.35. The molecule has 0 saturated carbocycles. The molecule has 214 valence electrons. The minimum absolute atomic E-state index is 0.141. The summed E-state index contributed by atoms with van der Waals surface area (Å²) in [4.78, 5) is 50.0. The fourth-order valence-electron chi connectivity index (χ4n) is 3.09. The number of ether oxygens (including phenoxy) is 4. The first-order valence-electron chi connectivity index (χ1n) is 12.0. The second-order valence-electron chi connectivity index (χ2n) is 10.0. The molecule has 1 amide bonds. The van der Waals surface area contributed by atoms with Crippen molar-refractivity contribution in [2.45, 2.75) is 95.9 Å². The largest absolute Gasteiger partial charge is 0.508 e. The van der Waals surface area contributed by atoms with Crippen molar-refractivity contribution in [1.29, 1.82) is 0 Å². The number of likely N-dealkylation sites (N-methyl/N-ethyl adjacent to an activating group) is 1. The minimum Gasteiger partial charge on any atom is -0.460 e. The number of allylic oxidation sites excluding steroid dienone is 1. The molecule has 9 nitrogen and oxygen atoms in total. The van der Waals surface area contributed by atoms with E-state index in [1.807, 2.05) is 13.8 Å². The van der Waals surface area contributed by atoms with E-state index in [-0.39, 0.29) is 12.3 Å². The van der Waals surface area contributed by atoms with Crippen LogP contribution in [0.3, 0.4) is 0 Å². The molecule has 0 aliphatic carbocycles. The normalized spacial score (nSPS) is 16.5. The molecular weight excluding hydrogens is 549 g/mol. The highest BCUT2D eigenvalue weighted by molar-refractivity contribution is 6.67. The van der Waals surface area contributed by atoms with Gasteiger partial charge in [-0.3, -0.25) is 9.69 Å². The maximum absolute atomic E-state index is 13.1. The molecule has 37 heavy (non-hydrogen) atoms. The third-order valence-electron chi connectivity index (χ3n) is 5.62. The summed E-state index contributed by atoms with van der Waals surface area (Å²) in [5, 5.41) is 0. The molecule has 0 aromatic carbocycles. The summed E-state index contributed by atoms with van der Waals surface area (Å²) in [6.07, 6.45) is -0.233. The molecule has 0 fully saturated rings. The van der Waals surface area contributed by atoms with Crippen LogP contribution in [-0.4, -0.2) is 70.7 Å². The van der Waals surface area contributed by atoms with E-state index in [0.29, 0.717) is 18.3 Å². The van der Waals surface area contributed by atoms with Crippen molar-refractivity contribution in [1.82, 2.24) is 4.90 Å². The van der Waals surface area contributed by atoms with Crippen LogP contribution in [-0.2, 0) is 28.5 Å². The van der Waals surface area contributed by atoms with E-state index in [0.717, 1.165) is 4.90 Å². The van der Waals surface area contributed by atoms with Gasteiger partial charge in [0.05, 0.1) is 0 Å². The van der Waals surface area contributed by atoms with Gasteiger partial charge < -0.3 is 18.9 Å². The molecule has 0 bridgehead atoms. The van der Waals surface area contributed by atoms with Crippen molar-refractivity contribution >= 4 is 59.3 Å². The summed E-state index contributed by atoms with van der Waals surface area (Å²) in [5.74, 6) is -1.32. The average molecular weight is 589 g/mol. The molecule has 0 heterocycles. The number of amides is 1. The third kappa shape index (κ3) is 14.1. The Balaban J connectivity index is 5.80. The van der Waals surface area contributed by atoms with Gasteiger partial charge in [0, 0.05) is 19.4 Å². The van der Waals surface area contributed by atoms with E-state index in [4.69, 9.17) is 53.8 Å². The first-order chi connectivity index (χ1) is 16.8. The highest BCUT2D eigenvalue weighted by Gasteiger charge is 2.37. The Kier molecular flexibility index (Phi) is 14.9. The Morgan fingerprint density at radius 2 is 1.59 bits per heavy atom. The highest BCUT2D eigenvalue weighted by atomic mass is 35.6. The fourth-order valence-corrected chi connectivity index (χ4v) is 3.25. The first kappa shape index (κ1) is 35.3. The average Bonchev–Trinajstić information content (AvgIpc) is 2.79. The monoisotopic (exact) mass is 587 g/mol. The van der Waals surface area contributed by atoms with Crippen molar-refractivity contribution in [3.63, 3.8) is 0 Å². The van der Waals surface area contributed by atoms with Gasteiger partial charge in [0.15, 0.2) is 0 Å². The number of carbonyl (C=O) groups is 4. The van der Waals surface area contributed by atoms with Crippen LogP contribution in [0.25, 0.3) is 0 Å². The van der Waals surface area contributed by atoms with Gasteiger partial charge in [0.2, 0.25) is 3.79 Å². The maximum Gasteiger partial charge on any atom is 0.508 e. The van der Waals surface area contributed by atoms with Gasteiger partial charge in [-0.25, -0.2) is 14.4 Å². The van der Waals surface area contributed by atoms with Crippen LogP contribution in [0, 0.1) is 11.8 Å². The van der Waals surface area contributed by atoms with Gasteiger partial charge in [-0.15, -0.1) is 0 Å². The van der Waals surface area contributed by atoms with Crippen LogP contribution in [0.5, 0.6) is 0 Å². The van der Waals surface area contributed by atoms with Crippen LogP contribution in [0.2, 0.25) is 0 Å². The molecule has 12 heteroatoms. The molecule has 0 spiro atoms. The Morgan fingerprint density at radius 1 is 1.03 bits per heavy atom. The lowest BCUT2D eigenvalue weighted by Crippen LogP contribution is -2.47. The number of nitrogens with zero attached hydrogens (tertiary/aromatic N) is 1. The van der Waals surface area contributed by atoms with Gasteiger partial charge in [0.1, 0.15) is 36.7 Å². The van der Waals surface area contributed by atoms with Crippen LogP contribution in [0.15, 0.2) is 11.6 Å². The summed E-state index contributed by atoms with van der Waals surface area (Å²) < 4.78 is 19.8. The quantitative estimate of drug-likeness (QED) is 0.0864. The summed E-state index contributed by atoms with van der Waals surface area (Å²) in [6.45, 7) is 13.4. The third-order valence-corrected chi connectivity index (χ3v) is 5.95. The molecule has 0 unspecified atom stereocenters. The Labute approximate surface area is 235 Å². The molecule has 5 atom stereocenters. The number of aldehydes is 1. The van der Waals surface area contributed by atoms with Crippen molar-refractivity contribution in [3.8, 4) is 0 Å². The predicted octanol–water partition coefficient (Wildman–Crippen LogP) is 6.26. The number of alkyl halides is 3. The van der Waals surface area contributed by atoms with Gasteiger partial charge in [-0.2, -0.15) is 0 Å². The number of esters is 1. The predicted molar refractivity (Wildman–Crippen MR) is 143 cm³/mol. The molecule has 0 aromatic heterocycles. The van der Waals surface area contributed by atoms with E-state index in [9.17, 15) is 19.2 Å². The second-order valence-corrected chi connectivity index (χ2v) is 12.5. The zero-order chi connectivity index (χ0) is 29.1. The molecule has 0 radical (unpaired) electrons. The van der Waals surface area contributed by atoms with Gasteiger partial charge in [-0.05, 0) is 46.1 Å². The lowest BCUT2D eigenvalue weighted by atomic mass is 9.86. The SMILES string of the molecule is CC[C@H](C)[C@H](OC(=O)[C@H](C)N(C)C(=O)OC(C)(C)C)[C@@H](C)[C@H](C/C=C(\C)C=O)OC(=O)OCC(Cl)(Cl)Cl. The van der Waals surface area contributed by atoms with E-state index in [1.54, 1.807) is 40.7 Å².